The van der Waals surface area contributed by atoms with Gasteiger partial charge in [0, 0.05) is 0 Å². The summed E-state index contributed by atoms with van der Waals surface area (Å²) in [5.74, 6) is 0. The Bertz CT molecular complexity index is 364. The summed E-state index contributed by atoms with van der Waals surface area (Å²) in [6.07, 6.45) is 7.17. The second-order valence-corrected chi connectivity index (χ2v) is 6.13. The Kier molecular flexibility index (Phi) is 3.34. The lowest BCUT2D eigenvalue weighted by Gasteiger charge is -2.27. The molecule has 3 rings (SSSR count). The van der Waals surface area contributed by atoms with Crippen molar-refractivity contribution in [3.8, 4) is 0 Å². The maximum atomic E-state index is 2.48. The summed E-state index contributed by atoms with van der Waals surface area (Å²) in [5.41, 5.74) is 4.22. The Morgan fingerprint density at radius 3 is 1.82 bits per heavy atom. The normalized spacial score (nSPS) is 34.4. The molecule has 0 unspecified atom stereocenters. The predicted molar refractivity (Wildman–Crippen MR) is 75.4 cm³/mol. The third kappa shape index (κ3) is 2.14. The van der Waals surface area contributed by atoms with Crippen molar-refractivity contribution >= 4 is 0 Å². The molecule has 0 aromatic heterocycles. The minimum atomic E-state index is 0.558. The zero-order valence-corrected chi connectivity index (χ0v) is 11.8. The summed E-state index contributed by atoms with van der Waals surface area (Å²) in [5, 5.41) is 0. The Hall–Kier alpha value is -0.780. The first-order valence-corrected chi connectivity index (χ1v) is 7.19. The minimum Gasteiger partial charge on any atom is -0.0683 e. The van der Waals surface area contributed by atoms with Crippen molar-refractivity contribution in [1.82, 2.24) is 0 Å². The first kappa shape index (κ1) is 12.7. The summed E-state index contributed by atoms with van der Waals surface area (Å²) >= 11 is 0. The highest BCUT2D eigenvalue weighted by molar-refractivity contribution is 5.32. The molecule has 2 aliphatic carbocycles. The molecule has 0 radical (unpaired) electrons. The number of aryl methyl sites for hydroxylation is 1. The third-order valence-corrected chi connectivity index (χ3v) is 4.84. The Morgan fingerprint density at radius 2 is 1.41 bits per heavy atom. The highest BCUT2D eigenvalue weighted by Gasteiger charge is 2.52. The molecule has 0 nitrogen and oxygen atoms in total. The van der Waals surface area contributed by atoms with Gasteiger partial charge in [0.1, 0.15) is 0 Å². The molecule has 0 saturated heterocycles. The SMILES string of the molecule is CC.Cc1ccc(C23CCC(C)(CC2)C3)cc1. The van der Waals surface area contributed by atoms with Gasteiger partial charge in [-0.1, -0.05) is 50.6 Å². The van der Waals surface area contributed by atoms with Crippen molar-refractivity contribution in [2.24, 2.45) is 5.41 Å². The fourth-order valence-electron chi connectivity index (χ4n) is 3.80. The molecule has 2 aliphatic rings. The molecule has 2 saturated carbocycles. The molecule has 1 aromatic carbocycles. The van der Waals surface area contributed by atoms with Crippen LogP contribution in [0.15, 0.2) is 24.3 Å². The Labute approximate surface area is 106 Å². The van der Waals surface area contributed by atoms with Crippen LogP contribution in [0.5, 0.6) is 0 Å². The van der Waals surface area contributed by atoms with Crippen LogP contribution in [0.1, 0.15) is 64.0 Å². The summed E-state index contributed by atoms with van der Waals surface area (Å²) in [4.78, 5) is 0. The Morgan fingerprint density at radius 1 is 0.882 bits per heavy atom. The lowest BCUT2D eigenvalue weighted by atomic mass is 9.77. The molecule has 2 fully saturated rings. The molecule has 0 spiro atoms. The highest BCUT2D eigenvalue weighted by Crippen LogP contribution is 2.61. The second kappa shape index (κ2) is 4.48. The van der Waals surface area contributed by atoms with Crippen molar-refractivity contribution < 1.29 is 0 Å². The van der Waals surface area contributed by atoms with E-state index >= 15 is 0 Å². The van der Waals surface area contributed by atoms with Crippen molar-refractivity contribution in [1.29, 1.82) is 0 Å². The molecule has 0 heterocycles. The van der Waals surface area contributed by atoms with Crippen LogP contribution in [-0.2, 0) is 5.41 Å². The fourth-order valence-corrected chi connectivity index (χ4v) is 3.80. The summed E-state index contributed by atoms with van der Waals surface area (Å²) in [6.45, 7) is 8.66. The average molecular weight is 230 g/mol. The second-order valence-electron chi connectivity index (χ2n) is 6.13. The van der Waals surface area contributed by atoms with E-state index in [2.05, 4.69) is 38.1 Å². The number of hydrogen-bond donors (Lipinski definition) is 0. The van der Waals surface area contributed by atoms with Crippen LogP contribution in [0.4, 0.5) is 0 Å². The maximum Gasteiger partial charge on any atom is -0.00414 e. The van der Waals surface area contributed by atoms with E-state index in [-0.39, 0.29) is 0 Å². The summed E-state index contributed by atoms with van der Waals surface area (Å²) in [6, 6.07) is 9.29. The molecular formula is C17H26. The number of hydrogen-bond acceptors (Lipinski definition) is 0. The van der Waals surface area contributed by atoms with Crippen molar-refractivity contribution in [3.05, 3.63) is 35.4 Å². The van der Waals surface area contributed by atoms with E-state index in [1.165, 1.54) is 37.7 Å². The van der Waals surface area contributed by atoms with Gasteiger partial charge in [0.05, 0.1) is 0 Å². The first-order valence-electron chi connectivity index (χ1n) is 7.19. The predicted octanol–water partition coefficient (Wildman–Crippen LogP) is 5.24. The van der Waals surface area contributed by atoms with Gasteiger partial charge in [0.25, 0.3) is 0 Å². The third-order valence-electron chi connectivity index (χ3n) is 4.84. The van der Waals surface area contributed by atoms with Gasteiger partial charge in [0.15, 0.2) is 0 Å². The van der Waals surface area contributed by atoms with Crippen LogP contribution in [0, 0.1) is 12.3 Å². The molecule has 17 heavy (non-hydrogen) atoms. The van der Waals surface area contributed by atoms with E-state index in [0.717, 1.165) is 0 Å². The van der Waals surface area contributed by atoms with Crippen LogP contribution < -0.4 is 0 Å². The van der Waals surface area contributed by atoms with Crippen LogP contribution in [0.25, 0.3) is 0 Å². The molecule has 94 valence electrons. The molecular weight excluding hydrogens is 204 g/mol. The van der Waals surface area contributed by atoms with Crippen LogP contribution in [0.2, 0.25) is 0 Å². The molecule has 1 aromatic rings. The lowest BCUT2D eigenvalue weighted by Crippen LogP contribution is -2.19. The van der Waals surface area contributed by atoms with E-state index in [1.807, 2.05) is 13.8 Å². The maximum absolute atomic E-state index is 2.48. The van der Waals surface area contributed by atoms with Gasteiger partial charge in [0.2, 0.25) is 0 Å². The number of fused-ring (bicyclic) bond motifs is 2. The topological polar surface area (TPSA) is 0 Å². The lowest BCUT2D eigenvalue weighted by molar-refractivity contribution is 0.328. The quantitative estimate of drug-likeness (QED) is 0.618. The smallest absolute Gasteiger partial charge is 0.00414 e. The van der Waals surface area contributed by atoms with Crippen molar-refractivity contribution in [3.63, 3.8) is 0 Å². The van der Waals surface area contributed by atoms with E-state index in [0.29, 0.717) is 10.8 Å². The number of benzene rings is 1. The molecule has 0 amide bonds. The van der Waals surface area contributed by atoms with Crippen molar-refractivity contribution in [2.45, 2.75) is 65.2 Å². The largest absolute Gasteiger partial charge is 0.0683 e. The van der Waals surface area contributed by atoms with Crippen molar-refractivity contribution in [2.75, 3.05) is 0 Å². The first-order chi connectivity index (χ1) is 8.12. The van der Waals surface area contributed by atoms with E-state index in [9.17, 15) is 0 Å². The van der Waals surface area contributed by atoms with Gasteiger partial charge in [-0.05, 0) is 55.4 Å². The zero-order chi connectivity index (χ0) is 12.5. The van der Waals surface area contributed by atoms with Crippen LogP contribution in [0.3, 0.4) is 0 Å². The average Bonchev–Trinajstić information content (AvgIpc) is 2.87. The zero-order valence-electron chi connectivity index (χ0n) is 11.8. The highest BCUT2D eigenvalue weighted by atomic mass is 14.6. The summed E-state index contributed by atoms with van der Waals surface area (Å²) < 4.78 is 0. The van der Waals surface area contributed by atoms with Gasteiger partial charge < -0.3 is 0 Å². The van der Waals surface area contributed by atoms with Gasteiger partial charge >= 0.3 is 0 Å². The number of rotatable bonds is 1. The molecule has 0 aliphatic heterocycles. The van der Waals surface area contributed by atoms with Gasteiger partial charge in [-0.3, -0.25) is 0 Å². The molecule has 0 N–H and O–H groups in total. The standard InChI is InChI=1S/C15H20.C2H6/c1-12-3-5-13(6-4-12)15-9-7-14(2,11-15)8-10-15;1-2/h3-6H,7-11H2,1-2H3;1-2H3. The van der Waals surface area contributed by atoms with Gasteiger partial charge in [-0.25, -0.2) is 0 Å². The Balaban J connectivity index is 0.000000514. The molecule has 0 heteroatoms. The monoisotopic (exact) mass is 230 g/mol. The van der Waals surface area contributed by atoms with E-state index < -0.39 is 0 Å². The molecule has 0 atom stereocenters. The van der Waals surface area contributed by atoms with E-state index in [1.54, 1.807) is 5.56 Å². The summed E-state index contributed by atoms with van der Waals surface area (Å²) in [7, 11) is 0. The minimum absolute atomic E-state index is 0.558. The van der Waals surface area contributed by atoms with Gasteiger partial charge in [-0.2, -0.15) is 0 Å². The van der Waals surface area contributed by atoms with Gasteiger partial charge in [-0.15, -0.1) is 0 Å². The van der Waals surface area contributed by atoms with Crippen LogP contribution >= 0.6 is 0 Å². The molecule has 2 bridgehead atoms. The van der Waals surface area contributed by atoms with Crippen LogP contribution in [-0.4, -0.2) is 0 Å². The fraction of sp³-hybridized carbons (Fsp3) is 0.647. The van der Waals surface area contributed by atoms with E-state index in [4.69, 9.17) is 0 Å².